The van der Waals surface area contributed by atoms with Crippen molar-refractivity contribution in [1.29, 1.82) is 0 Å². The van der Waals surface area contributed by atoms with Gasteiger partial charge in [0.05, 0.1) is 11.7 Å². The summed E-state index contributed by atoms with van der Waals surface area (Å²) in [6, 6.07) is 14.1. The van der Waals surface area contributed by atoms with E-state index in [1.54, 1.807) is 12.1 Å². The third kappa shape index (κ3) is 2.93. The van der Waals surface area contributed by atoms with Gasteiger partial charge in [-0.05, 0) is 30.7 Å². The van der Waals surface area contributed by atoms with Gasteiger partial charge in [0, 0.05) is 5.02 Å². The summed E-state index contributed by atoms with van der Waals surface area (Å²) >= 11 is 5.85. The Kier molecular flexibility index (Phi) is 3.80. The van der Waals surface area contributed by atoms with Gasteiger partial charge in [-0.3, -0.25) is 0 Å². The molecule has 1 heterocycles. The number of sulfonamides is 1. The number of benzene rings is 2. The average Bonchev–Trinajstić information content (AvgIpc) is 2.48. The fourth-order valence-electron chi connectivity index (χ4n) is 2.22. The van der Waals surface area contributed by atoms with Crippen LogP contribution >= 0.6 is 11.6 Å². The maximum absolute atomic E-state index is 12.3. The number of aliphatic imine (C=N–C) groups is 1. The SMILES string of the molecule is C[C@@H](N=C1Nc2ccc(Cl)cc2S(=O)(=O)N1)c1ccccc1. The lowest BCUT2D eigenvalue weighted by Gasteiger charge is -2.22. The van der Waals surface area contributed by atoms with E-state index in [2.05, 4.69) is 15.0 Å². The van der Waals surface area contributed by atoms with E-state index in [1.807, 2.05) is 37.3 Å². The van der Waals surface area contributed by atoms with E-state index in [9.17, 15) is 8.42 Å². The van der Waals surface area contributed by atoms with Crippen LogP contribution in [-0.4, -0.2) is 14.4 Å². The molecule has 0 bridgehead atoms. The quantitative estimate of drug-likeness (QED) is 0.885. The highest BCUT2D eigenvalue weighted by Crippen LogP contribution is 2.28. The minimum atomic E-state index is -3.67. The van der Waals surface area contributed by atoms with Crippen molar-refractivity contribution < 1.29 is 8.42 Å². The molecule has 0 saturated carbocycles. The molecule has 0 unspecified atom stereocenters. The second-order valence-corrected chi connectivity index (χ2v) is 7.02. The van der Waals surface area contributed by atoms with Crippen LogP contribution in [-0.2, 0) is 10.0 Å². The molecular formula is C15H14ClN3O2S. The average molecular weight is 336 g/mol. The van der Waals surface area contributed by atoms with E-state index >= 15 is 0 Å². The van der Waals surface area contributed by atoms with Crippen LogP contribution in [0.5, 0.6) is 0 Å². The zero-order valence-corrected chi connectivity index (χ0v) is 13.3. The van der Waals surface area contributed by atoms with Gasteiger partial charge in [0.15, 0.2) is 0 Å². The van der Waals surface area contributed by atoms with Gasteiger partial charge in [0.1, 0.15) is 4.90 Å². The number of guanidine groups is 1. The van der Waals surface area contributed by atoms with E-state index in [0.717, 1.165) is 5.56 Å². The first-order valence-electron chi connectivity index (χ1n) is 6.68. The number of anilines is 1. The largest absolute Gasteiger partial charge is 0.324 e. The first kappa shape index (κ1) is 14.9. The highest BCUT2D eigenvalue weighted by atomic mass is 35.5. The van der Waals surface area contributed by atoms with Gasteiger partial charge in [0.2, 0.25) is 5.96 Å². The van der Waals surface area contributed by atoms with E-state index in [-0.39, 0.29) is 16.9 Å². The highest BCUT2D eigenvalue weighted by molar-refractivity contribution is 7.90. The molecule has 0 aromatic heterocycles. The predicted molar refractivity (Wildman–Crippen MR) is 87.7 cm³/mol. The maximum atomic E-state index is 12.3. The fourth-order valence-corrected chi connectivity index (χ4v) is 3.61. The molecule has 0 radical (unpaired) electrons. The Morgan fingerprint density at radius 1 is 1.14 bits per heavy atom. The third-order valence-corrected chi connectivity index (χ3v) is 4.94. The van der Waals surface area contributed by atoms with Crippen molar-refractivity contribution in [1.82, 2.24) is 4.72 Å². The Morgan fingerprint density at radius 3 is 2.59 bits per heavy atom. The smallest absolute Gasteiger partial charge is 0.266 e. The Bertz CT molecular complexity index is 835. The summed E-state index contributed by atoms with van der Waals surface area (Å²) in [6.07, 6.45) is 0. The molecule has 0 saturated heterocycles. The summed E-state index contributed by atoms with van der Waals surface area (Å²) in [4.78, 5) is 4.52. The molecular weight excluding hydrogens is 322 g/mol. The van der Waals surface area contributed by atoms with Gasteiger partial charge < -0.3 is 5.32 Å². The number of nitrogens with zero attached hydrogens (tertiary/aromatic N) is 1. The monoisotopic (exact) mass is 335 g/mol. The summed E-state index contributed by atoms with van der Waals surface area (Å²) < 4.78 is 27.0. The highest BCUT2D eigenvalue weighted by Gasteiger charge is 2.27. The van der Waals surface area contributed by atoms with Crippen LogP contribution in [0.3, 0.4) is 0 Å². The molecule has 2 aromatic carbocycles. The van der Waals surface area contributed by atoms with Gasteiger partial charge in [0.25, 0.3) is 10.0 Å². The van der Waals surface area contributed by atoms with Gasteiger partial charge in [-0.15, -0.1) is 0 Å². The van der Waals surface area contributed by atoms with Crippen LogP contribution in [0.2, 0.25) is 5.02 Å². The Hall–Kier alpha value is -2.05. The number of halogens is 1. The predicted octanol–water partition coefficient (Wildman–Crippen LogP) is 3.16. The van der Waals surface area contributed by atoms with Crippen LogP contribution in [0.4, 0.5) is 5.69 Å². The lowest BCUT2D eigenvalue weighted by Crippen LogP contribution is -2.40. The lowest BCUT2D eigenvalue weighted by atomic mass is 10.1. The molecule has 5 nitrogen and oxygen atoms in total. The molecule has 2 N–H and O–H groups in total. The number of rotatable bonds is 2. The topological polar surface area (TPSA) is 70.6 Å². The first-order chi connectivity index (χ1) is 10.5. The van der Waals surface area contributed by atoms with Gasteiger partial charge in [-0.25, -0.2) is 18.1 Å². The Morgan fingerprint density at radius 2 is 1.86 bits per heavy atom. The minimum absolute atomic E-state index is 0.117. The van der Waals surface area contributed by atoms with E-state index in [4.69, 9.17) is 11.6 Å². The molecule has 7 heteroatoms. The summed E-state index contributed by atoms with van der Waals surface area (Å²) in [5, 5.41) is 3.35. The zero-order chi connectivity index (χ0) is 15.7. The van der Waals surface area contributed by atoms with Gasteiger partial charge in [-0.2, -0.15) is 0 Å². The maximum Gasteiger partial charge on any atom is 0.266 e. The lowest BCUT2D eigenvalue weighted by molar-refractivity contribution is 0.591. The molecule has 3 rings (SSSR count). The molecule has 1 aliphatic heterocycles. The fraction of sp³-hybridized carbons (Fsp3) is 0.133. The van der Waals surface area contributed by atoms with Crippen molar-refractivity contribution in [2.24, 2.45) is 4.99 Å². The molecule has 0 amide bonds. The van der Waals surface area contributed by atoms with Crippen LogP contribution in [0.1, 0.15) is 18.5 Å². The second-order valence-electron chi connectivity index (χ2n) is 4.94. The van der Waals surface area contributed by atoms with Gasteiger partial charge >= 0.3 is 0 Å². The van der Waals surface area contributed by atoms with E-state index < -0.39 is 10.0 Å². The van der Waals surface area contributed by atoms with E-state index in [1.165, 1.54) is 6.07 Å². The minimum Gasteiger partial charge on any atom is -0.324 e. The first-order valence-corrected chi connectivity index (χ1v) is 8.54. The molecule has 1 atom stereocenters. The van der Waals surface area contributed by atoms with Crippen LogP contribution in [0.15, 0.2) is 58.4 Å². The Labute approximate surface area is 134 Å². The number of hydrogen-bond acceptors (Lipinski definition) is 3. The molecule has 2 aromatic rings. The summed E-state index contributed by atoms with van der Waals surface area (Å²) in [5.74, 6) is 0.200. The molecule has 1 aliphatic rings. The molecule has 22 heavy (non-hydrogen) atoms. The molecule has 0 fully saturated rings. The van der Waals surface area contributed by atoms with Crippen molar-refractivity contribution in [3.8, 4) is 0 Å². The molecule has 0 aliphatic carbocycles. The normalized spacial score (nSPS) is 18.9. The standard InChI is InChI=1S/C15H14ClN3O2S/c1-10(11-5-3-2-4-6-11)17-15-18-13-8-7-12(16)9-14(13)22(20,21)19-15/h2-10H,1H3,(H2,17,18,19)/t10-/m1/s1. The van der Waals surface area contributed by atoms with Crippen molar-refractivity contribution in [3.63, 3.8) is 0 Å². The Balaban J connectivity index is 1.95. The van der Waals surface area contributed by atoms with Crippen LogP contribution in [0, 0.1) is 0 Å². The van der Waals surface area contributed by atoms with Gasteiger partial charge in [-0.1, -0.05) is 41.9 Å². The van der Waals surface area contributed by atoms with Crippen molar-refractivity contribution in [2.45, 2.75) is 17.9 Å². The molecule has 114 valence electrons. The van der Waals surface area contributed by atoms with Crippen molar-refractivity contribution in [3.05, 3.63) is 59.1 Å². The molecule has 0 spiro atoms. The van der Waals surface area contributed by atoms with Crippen molar-refractivity contribution in [2.75, 3.05) is 5.32 Å². The number of nitrogens with one attached hydrogen (secondary N) is 2. The third-order valence-electron chi connectivity index (χ3n) is 3.32. The number of hydrogen-bond donors (Lipinski definition) is 2. The second kappa shape index (κ2) is 5.62. The summed E-state index contributed by atoms with van der Waals surface area (Å²) in [5.41, 5.74) is 1.46. The summed E-state index contributed by atoms with van der Waals surface area (Å²) in [7, 11) is -3.67. The summed E-state index contributed by atoms with van der Waals surface area (Å²) in [6.45, 7) is 1.90. The van der Waals surface area contributed by atoms with Crippen LogP contribution < -0.4 is 10.0 Å². The zero-order valence-electron chi connectivity index (χ0n) is 11.7. The van der Waals surface area contributed by atoms with Crippen molar-refractivity contribution >= 4 is 33.3 Å². The van der Waals surface area contributed by atoms with Crippen LogP contribution in [0.25, 0.3) is 0 Å². The number of fused-ring (bicyclic) bond motifs is 1. The van der Waals surface area contributed by atoms with E-state index in [0.29, 0.717) is 10.7 Å².